The third kappa shape index (κ3) is 4.28. The van der Waals surface area contributed by atoms with Gasteiger partial charge in [0.15, 0.2) is 0 Å². The van der Waals surface area contributed by atoms with E-state index in [0.717, 1.165) is 11.3 Å². The molecule has 0 aliphatic heterocycles. The Morgan fingerprint density at radius 3 is 2.54 bits per heavy atom. The van der Waals surface area contributed by atoms with Crippen LogP contribution in [-0.2, 0) is 22.6 Å². The predicted octanol–water partition coefficient (Wildman–Crippen LogP) is 4.14. The van der Waals surface area contributed by atoms with Gasteiger partial charge in [-0.15, -0.1) is 0 Å². The van der Waals surface area contributed by atoms with Gasteiger partial charge in [-0.05, 0) is 25.1 Å². The highest BCUT2D eigenvalue weighted by molar-refractivity contribution is 6.30. The number of nitrogens with zero attached hydrogens (tertiary/aromatic N) is 2. The molecule has 2 aromatic carbocycles. The van der Waals surface area contributed by atoms with Gasteiger partial charge < -0.3 is 14.2 Å². The summed E-state index contributed by atoms with van der Waals surface area (Å²) in [7, 11) is 3.12. The number of halogens is 1. The van der Waals surface area contributed by atoms with Crippen molar-refractivity contribution in [3.63, 3.8) is 0 Å². The number of benzene rings is 2. The Labute approximate surface area is 168 Å². The van der Waals surface area contributed by atoms with Crippen LogP contribution in [0.15, 0.2) is 48.5 Å². The first-order valence-corrected chi connectivity index (χ1v) is 9.07. The molecule has 146 valence electrons. The standard InChI is InChI=1S/C21H21ClN2O4/c1-14-18(21(22)24(23-14)16-7-5-4-6-8-16)13-28-20(25)11-15-9-10-17(26-2)12-19(15)27-3/h4-10,12H,11,13H2,1-3H3. The van der Waals surface area contributed by atoms with Gasteiger partial charge in [-0.25, -0.2) is 4.68 Å². The van der Waals surface area contributed by atoms with E-state index in [1.165, 1.54) is 0 Å². The van der Waals surface area contributed by atoms with Crippen molar-refractivity contribution < 1.29 is 19.0 Å². The quantitative estimate of drug-likeness (QED) is 0.558. The van der Waals surface area contributed by atoms with Gasteiger partial charge in [0.1, 0.15) is 23.3 Å². The van der Waals surface area contributed by atoms with Crippen LogP contribution in [0.3, 0.4) is 0 Å². The van der Waals surface area contributed by atoms with Gasteiger partial charge in [-0.2, -0.15) is 5.10 Å². The lowest BCUT2D eigenvalue weighted by Gasteiger charge is -2.10. The molecule has 0 atom stereocenters. The molecular weight excluding hydrogens is 380 g/mol. The maximum absolute atomic E-state index is 12.3. The average molecular weight is 401 g/mol. The second-order valence-corrected chi connectivity index (χ2v) is 6.48. The highest BCUT2D eigenvalue weighted by atomic mass is 35.5. The first kappa shape index (κ1) is 19.8. The molecule has 0 spiro atoms. The Balaban J connectivity index is 1.69. The van der Waals surface area contributed by atoms with Crippen molar-refractivity contribution in [2.75, 3.05) is 14.2 Å². The van der Waals surface area contributed by atoms with Crippen molar-refractivity contribution in [1.82, 2.24) is 9.78 Å². The van der Waals surface area contributed by atoms with Gasteiger partial charge in [-0.3, -0.25) is 4.79 Å². The molecule has 0 aliphatic carbocycles. The van der Waals surface area contributed by atoms with E-state index in [0.29, 0.717) is 27.9 Å². The van der Waals surface area contributed by atoms with Crippen molar-refractivity contribution >= 4 is 17.6 Å². The molecular formula is C21H21ClN2O4. The van der Waals surface area contributed by atoms with Gasteiger partial charge in [-0.1, -0.05) is 35.9 Å². The molecule has 3 aromatic rings. The maximum Gasteiger partial charge on any atom is 0.310 e. The lowest BCUT2D eigenvalue weighted by molar-refractivity contribution is -0.144. The lowest BCUT2D eigenvalue weighted by Crippen LogP contribution is -2.09. The van der Waals surface area contributed by atoms with E-state index in [-0.39, 0.29) is 19.0 Å². The van der Waals surface area contributed by atoms with E-state index in [9.17, 15) is 4.79 Å². The minimum Gasteiger partial charge on any atom is -0.497 e. The van der Waals surface area contributed by atoms with Crippen LogP contribution < -0.4 is 9.47 Å². The number of methoxy groups -OCH3 is 2. The van der Waals surface area contributed by atoms with Crippen molar-refractivity contribution in [1.29, 1.82) is 0 Å². The zero-order valence-corrected chi connectivity index (χ0v) is 16.7. The summed E-state index contributed by atoms with van der Waals surface area (Å²) in [5.74, 6) is 0.846. The molecule has 0 saturated heterocycles. The highest BCUT2D eigenvalue weighted by Crippen LogP contribution is 2.26. The number of carbonyl (C=O) groups is 1. The fraction of sp³-hybridized carbons (Fsp3) is 0.238. The second-order valence-electron chi connectivity index (χ2n) is 6.12. The third-order valence-electron chi connectivity index (χ3n) is 4.33. The number of rotatable bonds is 7. The number of hydrogen-bond acceptors (Lipinski definition) is 5. The van der Waals surface area contributed by atoms with Crippen LogP contribution in [0.1, 0.15) is 16.8 Å². The summed E-state index contributed by atoms with van der Waals surface area (Å²) in [6.07, 6.45) is 0.0800. The first-order chi connectivity index (χ1) is 13.5. The molecule has 0 unspecified atom stereocenters. The zero-order chi connectivity index (χ0) is 20.1. The number of para-hydroxylation sites is 1. The number of aromatic nitrogens is 2. The van der Waals surface area contributed by atoms with Crippen molar-refractivity contribution in [2.24, 2.45) is 0 Å². The normalized spacial score (nSPS) is 10.6. The van der Waals surface area contributed by atoms with Crippen LogP contribution in [0.5, 0.6) is 11.5 Å². The van der Waals surface area contributed by atoms with E-state index in [2.05, 4.69) is 5.10 Å². The smallest absolute Gasteiger partial charge is 0.310 e. The van der Waals surface area contributed by atoms with E-state index in [1.807, 2.05) is 37.3 Å². The van der Waals surface area contributed by atoms with Crippen LogP contribution in [0.4, 0.5) is 0 Å². The van der Waals surface area contributed by atoms with Gasteiger partial charge in [0.05, 0.1) is 32.0 Å². The SMILES string of the molecule is COc1ccc(CC(=O)OCc2c(C)nn(-c3ccccc3)c2Cl)c(OC)c1. The molecule has 0 radical (unpaired) electrons. The highest BCUT2D eigenvalue weighted by Gasteiger charge is 2.17. The number of ether oxygens (including phenoxy) is 3. The van der Waals surface area contributed by atoms with Gasteiger partial charge in [0.2, 0.25) is 0 Å². The second kappa shape index (κ2) is 8.80. The van der Waals surface area contributed by atoms with Crippen LogP contribution >= 0.6 is 11.6 Å². The zero-order valence-electron chi connectivity index (χ0n) is 15.9. The molecule has 0 aliphatic rings. The number of esters is 1. The summed E-state index contributed by atoms with van der Waals surface area (Å²) in [5, 5.41) is 4.88. The topological polar surface area (TPSA) is 62.6 Å². The molecule has 0 N–H and O–H groups in total. The number of carbonyl (C=O) groups excluding carboxylic acids is 1. The summed E-state index contributed by atoms with van der Waals surface area (Å²) in [4.78, 5) is 12.3. The van der Waals surface area contributed by atoms with E-state index in [4.69, 9.17) is 25.8 Å². The van der Waals surface area contributed by atoms with E-state index in [1.54, 1.807) is 37.1 Å². The minimum atomic E-state index is -0.383. The fourth-order valence-electron chi connectivity index (χ4n) is 2.79. The number of hydrogen-bond donors (Lipinski definition) is 0. The summed E-state index contributed by atoms with van der Waals surface area (Å²) < 4.78 is 17.6. The minimum absolute atomic E-state index is 0.0504. The van der Waals surface area contributed by atoms with Gasteiger partial charge in [0, 0.05) is 17.2 Å². The van der Waals surface area contributed by atoms with E-state index >= 15 is 0 Å². The summed E-state index contributed by atoms with van der Waals surface area (Å²) in [5.41, 5.74) is 2.96. The van der Waals surface area contributed by atoms with Crippen LogP contribution in [0, 0.1) is 6.92 Å². The molecule has 3 rings (SSSR count). The Morgan fingerprint density at radius 2 is 1.86 bits per heavy atom. The Morgan fingerprint density at radius 1 is 1.11 bits per heavy atom. The van der Waals surface area contributed by atoms with Crippen molar-refractivity contribution in [3.8, 4) is 17.2 Å². The molecule has 0 amide bonds. The Kier molecular flexibility index (Phi) is 6.21. The van der Waals surface area contributed by atoms with Crippen LogP contribution in [0.2, 0.25) is 5.15 Å². The average Bonchev–Trinajstić information content (AvgIpc) is 3.01. The summed E-state index contributed by atoms with van der Waals surface area (Å²) in [6, 6.07) is 14.8. The molecule has 6 nitrogen and oxygen atoms in total. The molecule has 0 fully saturated rings. The molecule has 0 saturated carbocycles. The summed E-state index contributed by atoms with van der Waals surface area (Å²) in [6.45, 7) is 1.88. The molecule has 28 heavy (non-hydrogen) atoms. The number of aryl methyl sites for hydroxylation is 1. The molecule has 1 heterocycles. The molecule has 0 bridgehead atoms. The molecule has 7 heteroatoms. The van der Waals surface area contributed by atoms with Gasteiger partial charge in [0.25, 0.3) is 0 Å². The monoisotopic (exact) mass is 400 g/mol. The lowest BCUT2D eigenvalue weighted by atomic mass is 10.1. The van der Waals surface area contributed by atoms with E-state index < -0.39 is 0 Å². The predicted molar refractivity (Wildman–Crippen MR) is 106 cm³/mol. The third-order valence-corrected chi connectivity index (χ3v) is 4.72. The Bertz CT molecular complexity index is 970. The van der Waals surface area contributed by atoms with Crippen LogP contribution in [-0.4, -0.2) is 30.0 Å². The maximum atomic E-state index is 12.3. The summed E-state index contributed by atoms with van der Waals surface area (Å²) >= 11 is 6.46. The van der Waals surface area contributed by atoms with Crippen LogP contribution in [0.25, 0.3) is 5.69 Å². The van der Waals surface area contributed by atoms with Gasteiger partial charge >= 0.3 is 5.97 Å². The fourth-order valence-corrected chi connectivity index (χ4v) is 3.12. The largest absolute Gasteiger partial charge is 0.497 e. The first-order valence-electron chi connectivity index (χ1n) is 8.69. The van der Waals surface area contributed by atoms with Crippen molar-refractivity contribution in [3.05, 3.63) is 70.5 Å². The Hall–Kier alpha value is -2.99. The van der Waals surface area contributed by atoms with Crippen molar-refractivity contribution in [2.45, 2.75) is 20.0 Å². The molecule has 1 aromatic heterocycles.